The number of hydrogen-bond donors (Lipinski definition) is 0. The Bertz CT molecular complexity index is 677. The minimum absolute atomic E-state index is 0.365. The molecule has 3 nitrogen and oxygen atoms in total. The molecule has 3 aromatic rings. The second kappa shape index (κ2) is 4.91. The molecule has 6 heteroatoms. The van der Waals surface area contributed by atoms with Crippen molar-refractivity contribution in [1.29, 1.82) is 0 Å². The van der Waals surface area contributed by atoms with Crippen LogP contribution in [0.4, 0.5) is 0 Å². The SMILES string of the molecule is ClCc1c(Oc2ccc(Br)cc2)nc2sccn12. The van der Waals surface area contributed by atoms with Gasteiger partial charge in [-0.3, -0.25) is 4.40 Å². The summed E-state index contributed by atoms with van der Waals surface area (Å²) in [5, 5.41) is 1.97. The molecule has 2 aromatic heterocycles. The first-order chi connectivity index (χ1) is 8.78. The second-order valence-electron chi connectivity index (χ2n) is 3.61. The van der Waals surface area contributed by atoms with E-state index in [2.05, 4.69) is 20.9 Å². The first kappa shape index (κ1) is 12.0. The average molecular weight is 344 g/mol. The third-order valence-electron chi connectivity index (χ3n) is 2.48. The van der Waals surface area contributed by atoms with E-state index in [1.54, 1.807) is 11.3 Å². The fraction of sp³-hybridized carbons (Fsp3) is 0.0833. The lowest BCUT2D eigenvalue weighted by Crippen LogP contribution is -1.90. The summed E-state index contributed by atoms with van der Waals surface area (Å²) in [5.41, 5.74) is 0.871. The Morgan fingerprint density at radius 3 is 2.83 bits per heavy atom. The van der Waals surface area contributed by atoms with Gasteiger partial charge in [0.05, 0.1) is 5.88 Å². The summed E-state index contributed by atoms with van der Waals surface area (Å²) >= 11 is 10.9. The Hall–Kier alpha value is -1.04. The van der Waals surface area contributed by atoms with E-state index in [1.807, 2.05) is 40.2 Å². The number of halogens is 2. The van der Waals surface area contributed by atoms with E-state index in [0.717, 1.165) is 20.9 Å². The molecule has 0 unspecified atom stereocenters. The first-order valence-corrected chi connectivity index (χ1v) is 7.42. The third kappa shape index (κ3) is 2.13. The van der Waals surface area contributed by atoms with Gasteiger partial charge in [-0.25, -0.2) is 0 Å². The molecule has 92 valence electrons. The summed E-state index contributed by atoms with van der Waals surface area (Å²) in [5.74, 6) is 1.68. The van der Waals surface area contributed by atoms with Crippen molar-refractivity contribution >= 4 is 43.8 Å². The molecule has 0 bridgehead atoms. The Balaban J connectivity index is 1.98. The molecule has 0 spiro atoms. The average Bonchev–Trinajstić information content (AvgIpc) is 2.92. The summed E-state index contributed by atoms with van der Waals surface area (Å²) in [6.07, 6.45) is 1.94. The molecule has 0 saturated heterocycles. The number of nitrogens with zero attached hydrogens (tertiary/aromatic N) is 2. The molecule has 0 aliphatic carbocycles. The molecule has 1 aromatic carbocycles. The molecular weight excluding hydrogens is 336 g/mol. The maximum Gasteiger partial charge on any atom is 0.243 e. The van der Waals surface area contributed by atoms with Crippen LogP contribution < -0.4 is 4.74 Å². The Kier molecular flexibility index (Phi) is 3.28. The quantitative estimate of drug-likeness (QED) is 0.645. The zero-order valence-electron chi connectivity index (χ0n) is 9.14. The van der Waals surface area contributed by atoms with Crippen molar-refractivity contribution in [3.05, 3.63) is 46.0 Å². The predicted molar refractivity (Wildman–Crippen MR) is 76.8 cm³/mol. The van der Waals surface area contributed by atoms with Crippen molar-refractivity contribution in [2.45, 2.75) is 5.88 Å². The van der Waals surface area contributed by atoms with Gasteiger partial charge < -0.3 is 4.74 Å². The summed E-state index contributed by atoms with van der Waals surface area (Å²) < 4.78 is 8.73. The highest BCUT2D eigenvalue weighted by molar-refractivity contribution is 9.10. The van der Waals surface area contributed by atoms with Gasteiger partial charge in [-0.1, -0.05) is 15.9 Å². The number of rotatable bonds is 3. The zero-order valence-corrected chi connectivity index (χ0v) is 12.3. The van der Waals surface area contributed by atoms with Crippen LogP contribution in [-0.4, -0.2) is 9.38 Å². The number of benzene rings is 1. The maximum absolute atomic E-state index is 5.96. The Labute approximate surface area is 121 Å². The van der Waals surface area contributed by atoms with Crippen molar-refractivity contribution in [3.63, 3.8) is 0 Å². The van der Waals surface area contributed by atoms with E-state index >= 15 is 0 Å². The highest BCUT2D eigenvalue weighted by Crippen LogP contribution is 2.29. The fourth-order valence-corrected chi connectivity index (χ4v) is 2.86. The van der Waals surface area contributed by atoms with Crippen LogP contribution in [0.25, 0.3) is 4.96 Å². The molecule has 0 N–H and O–H groups in total. The second-order valence-corrected chi connectivity index (χ2v) is 5.66. The van der Waals surface area contributed by atoms with Gasteiger partial charge >= 0.3 is 0 Å². The highest BCUT2D eigenvalue weighted by Gasteiger charge is 2.14. The molecule has 0 aliphatic heterocycles. The lowest BCUT2D eigenvalue weighted by molar-refractivity contribution is 0.461. The van der Waals surface area contributed by atoms with Gasteiger partial charge in [0.15, 0.2) is 4.96 Å². The molecule has 0 saturated carbocycles. The lowest BCUT2D eigenvalue weighted by Gasteiger charge is -2.04. The Morgan fingerprint density at radius 1 is 1.33 bits per heavy atom. The summed E-state index contributed by atoms with van der Waals surface area (Å²) in [6.45, 7) is 0. The van der Waals surface area contributed by atoms with Crippen LogP contribution in [-0.2, 0) is 5.88 Å². The molecular formula is C12H8BrClN2OS. The van der Waals surface area contributed by atoms with Crippen LogP contribution in [0.2, 0.25) is 0 Å². The van der Waals surface area contributed by atoms with Crippen LogP contribution in [0, 0.1) is 0 Å². The van der Waals surface area contributed by atoms with E-state index in [4.69, 9.17) is 16.3 Å². The van der Waals surface area contributed by atoms with E-state index in [9.17, 15) is 0 Å². The van der Waals surface area contributed by atoms with Crippen LogP contribution >= 0.6 is 38.9 Å². The van der Waals surface area contributed by atoms with Crippen LogP contribution in [0.15, 0.2) is 40.3 Å². The Morgan fingerprint density at radius 2 is 2.11 bits per heavy atom. The number of fused-ring (bicyclic) bond motifs is 1. The molecule has 0 fully saturated rings. The molecule has 18 heavy (non-hydrogen) atoms. The van der Waals surface area contributed by atoms with Crippen molar-refractivity contribution in [1.82, 2.24) is 9.38 Å². The molecule has 0 amide bonds. The number of thiazole rings is 1. The largest absolute Gasteiger partial charge is 0.437 e. The molecule has 2 heterocycles. The summed E-state index contributed by atoms with van der Waals surface area (Å²) in [6, 6.07) is 7.62. The number of alkyl halides is 1. The monoisotopic (exact) mass is 342 g/mol. The lowest BCUT2D eigenvalue weighted by atomic mass is 10.3. The smallest absolute Gasteiger partial charge is 0.243 e. The van der Waals surface area contributed by atoms with Crippen molar-refractivity contribution in [2.75, 3.05) is 0 Å². The minimum Gasteiger partial charge on any atom is -0.437 e. The minimum atomic E-state index is 0.365. The van der Waals surface area contributed by atoms with E-state index in [-0.39, 0.29) is 0 Å². The molecule has 0 radical (unpaired) electrons. The predicted octanol–water partition coefficient (Wildman–Crippen LogP) is 4.69. The molecule has 0 atom stereocenters. The zero-order chi connectivity index (χ0) is 12.5. The van der Waals surface area contributed by atoms with E-state index in [0.29, 0.717) is 11.8 Å². The number of imidazole rings is 1. The van der Waals surface area contributed by atoms with Gasteiger partial charge in [-0.15, -0.1) is 22.9 Å². The topological polar surface area (TPSA) is 26.5 Å². The normalized spacial score (nSPS) is 11.0. The molecule has 3 rings (SSSR count). The van der Waals surface area contributed by atoms with Gasteiger partial charge in [0, 0.05) is 16.0 Å². The van der Waals surface area contributed by atoms with Gasteiger partial charge in [-0.2, -0.15) is 4.98 Å². The number of ether oxygens (including phenoxy) is 1. The van der Waals surface area contributed by atoms with Crippen molar-refractivity contribution in [3.8, 4) is 11.6 Å². The van der Waals surface area contributed by atoms with E-state index < -0.39 is 0 Å². The van der Waals surface area contributed by atoms with Crippen LogP contribution in [0.5, 0.6) is 11.6 Å². The van der Waals surface area contributed by atoms with Gasteiger partial charge in [0.1, 0.15) is 11.4 Å². The maximum atomic E-state index is 5.96. The van der Waals surface area contributed by atoms with Gasteiger partial charge in [-0.05, 0) is 24.3 Å². The fourth-order valence-electron chi connectivity index (χ4n) is 1.63. The van der Waals surface area contributed by atoms with E-state index in [1.165, 1.54) is 0 Å². The molecule has 0 aliphatic rings. The van der Waals surface area contributed by atoms with Crippen molar-refractivity contribution < 1.29 is 4.74 Å². The first-order valence-electron chi connectivity index (χ1n) is 5.22. The number of hydrogen-bond acceptors (Lipinski definition) is 3. The third-order valence-corrected chi connectivity index (χ3v) is 4.02. The summed E-state index contributed by atoms with van der Waals surface area (Å²) in [4.78, 5) is 5.31. The van der Waals surface area contributed by atoms with Gasteiger partial charge in [0.2, 0.25) is 5.88 Å². The van der Waals surface area contributed by atoms with Crippen LogP contribution in [0.3, 0.4) is 0 Å². The standard InChI is InChI=1S/C12H8BrClN2OS/c13-8-1-3-9(4-2-8)17-11-10(7-14)16-5-6-18-12(16)15-11/h1-6H,7H2. The summed E-state index contributed by atoms with van der Waals surface area (Å²) in [7, 11) is 0. The van der Waals surface area contributed by atoms with Gasteiger partial charge in [0.25, 0.3) is 0 Å². The highest BCUT2D eigenvalue weighted by atomic mass is 79.9. The number of aromatic nitrogens is 2. The van der Waals surface area contributed by atoms with Crippen LogP contribution in [0.1, 0.15) is 5.69 Å². The van der Waals surface area contributed by atoms with Crippen molar-refractivity contribution in [2.24, 2.45) is 0 Å².